The van der Waals surface area contributed by atoms with Crippen molar-refractivity contribution in [3.63, 3.8) is 0 Å². The van der Waals surface area contributed by atoms with Gasteiger partial charge in [0.05, 0.1) is 12.8 Å². The summed E-state index contributed by atoms with van der Waals surface area (Å²) in [4.78, 5) is 4.42. The second-order valence-corrected chi connectivity index (χ2v) is 2.97. The van der Waals surface area contributed by atoms with Crippen LogP contribution in [-0.4, -0.2) is 16.1 Å². The summed E-state index contributed by atoms with van der Waals surface area (Å²) < 4.78 is 7.46. The Morgan fingerprint density at radius 2 is 2.58 bits per heavy atom. The number of nitrogens with zero attached hydrogens (tertiary/aromatic N) is 2. The Hall–Kier alpha value is -1.29. The van der Waals surface area contributed by atoms with E-state index < -0.39 is 0 Å². The van der Waals surface area contributed by atoms with Crippen LogP contribution in [0.3, 0.4) is 0 Å². The van der Waals surface area contributed by atoms with Gasteiger partial charge in [-0.15, -0.1) is 0 Å². The molecule has 0 amide bonds. The average Bonchev–Trinajstić information content (AvgIpc) is 2.62. The predicted molar refractivity (Wildman–Crippen MR) is 43.7 cm³/mol. The van der Waals surface area contributed by atoms with Crippen LogP contribution in [0.25, 0.3) is 11.2 Å². The zero-order chi connectivity index (χ0) is 7.97. The van der Waals surface area contributed by atoms with Gasteiger partial charge in [-0.25, -0.2) is 4.98 Å². The summed E-state index contributed by atoms with van der Waals surface area (Å²) in [6.45, 7) is 2.81. The van der Waals surface area contributed by atoms with Crippen LogP contribution < -0.4 is 5.32 Å². The first-order valence-corrected chi connectivity index (χ1v) is 4.08. The van der Waals surface area contributed by atoms with E-state index in [-0.39, 0.29) is 0 Å². The summed E-state index contributed by atoms with van der Waals surface area (Å²) >= 11 is 0. The maximum absolute atomic E-state index is 5.33. The number of imidazole rings is 1. The molecule has 3 heterocycles. The van der Waals surface area contributed by atoms with Crippen LogP contribution in [0.4, 0.5) is 0 Å². The molecule has 62 valence electrons. The van der Waals surface area contributed by atoms with Gasteiger partial charge in [0.25, 0.3) is 0 Å². The third-order valence-electron chi connectivity index (χ3n) is 2.23. The lowest BCUT2D eigenvalue weighted by Crippen LogP contribution is -2.28. The molecule has 4 heteroatoms. The van der Waals surface area contributed by atoms with E-state index in [1.165, 1.54) is 0 Å². The molecular weight excluding hydrogens is 154 g/mol. The standard InChI is InChI=1S/C8H9N3O/c1-4-12-8-6(1)10-7-5-9-2-3-11(7)8/h1,4,9H,2-3,5H2. The quantitative estimate of drug-likeness (QED) is 0.622. The van der Waals surface area contributed by atoms with Crippen LogP contribution in [0.15, 0.2) is 16.7 Å². The fourth-order valence-corrected chi connectivity index (χ4v) is 1.65. The first-order valence-electron chi connectivity index (χ1n) is 4.08. The maximum Gasteiger partial charge on any atom is 0.226 e. The highest BCUT2D eigenvalue weighted by atomic mass is 16.3. The second-order valence-electron chi connectivity index (χ2n) is 2.97. The van der Waals surface area contributed by atoms with Gasteiger partial charge in [-0.3, -0.25) is 4.57 Å². The summed E-state index contributed by atoms with van der Waals surface area (Å²) in [6, 6.07) is 1.90. The highest BCUT2D eigenvalue weighted by Crippen LogP contribution is 2.18. The molecule has 4 nitrogen and oxygen atoms in total. The Bertz CT molecular complexity index is 415. The van der Waals surface area contributed by atoms with Gasteiger partial charge in [0.15, 0.2) is 0 Å². The zero-order valence-corrected chi connectivity index (χ0v) is 6.58. The SMILES string of the molecule is c1cc2nc3n(c2o1)CCNC3. The Kier molecular flexibility index (Phi) is 1.10. The molecule has 2 aromatic heterocycles. The van der Waals surface area contributed by atoms with Crippen molar-refractivity contribution in [3.8, 4) is 0 Å². The van der Waals surface area contributed by atoms with Gasteiger partial charge in [0, 0.05) is 19.2 Å². The normalized spacial score (nSPS) is 16.7. The number of hydrogen-bond donors (Lipinski definition) is 1. The predicted octanol–water partition coefficient (Wildman–Crippen LogP) is 0.732. The summed E-state index contributed by atoms with van der Waals surface area (Å²) in [7, 11) is 0. The van der Waals surface area contributed by atoms with E-state index in [0.717, 1.165) is 36.7 Å². The van der Waals surface area contributed by atoms with Gasteiger partial charge in [0.1, 0.15) is 11.3 Å². The molecule has 2 aromatic rings. The molecule has 1 N–H and O–H groups in total. The molecule has 0 aliphatic carbocycles. The first kappa shape index (κ1) is 6.25. The lowest BCUT2D eigenvalue weighted by Gasteiger charge is -2.13. The van der Waals surface area contributed by atoms with Crippen LogP contribution in [-0.2, 0) is 13.1 Å². The van der Waals surface area contributed by atoms with Crippen LogP contribution in [0.1, 0.15) is 5.82 Å². The molecule has 0 atom stereocenters. The van der Waals surface area contributed by atoms with Crippen molar-refractivity contribution in [2.75, 3.05) is 6.54 Å². The number of aromatic nitrogens is 2. The largest absolute Gasteiger partial charge is 0.446 e. The van der Waals surface area contributed by atoms with Gasteiger partial charge in [-0.05, 0) is 0 Å². The summed E-state index contributed by atoms with van der Waals surface area (Å²) in [5.74, 6) is 1.08. The van der Waals surface area contributed by atoms with Gasteiger partial charge in [0.2, 0.25) is 5.71 Å². The van der Waals surface area contributed by atoms with Crippen molar-refractivity contribution in [2.24, 2.45) is 0 Å². The number of fused-ring (bicyclic) bond motifs is 3. The number of rotatable bonds is 0. The molecule has 0 aromatic carbocycles. The van der Waals surface area contributed by atoms with Gasteiger partial charge >= 0.3 is 0 Å². The highest BCUT2D eigenvalue weighted by molar-refractivity contribution is 5.69. The van der Waals surface area contributed by atoms with Gasteiger partial charge in [-0.1, -0.05) is 0 Å². The minimum atomic E-state index is 0.851. The molecule has 0 saturated heterocycles. The van der Waals surface area contributed by atoms with Crippen molar-refractivity contribution in [1.82, 2.24) is 14.9 Å². The lowest BCUT2D eigenvalue weighted by atomic mass is 10.4. The minimum absolute atomic E-state index is 0.851. The van der Waals surface area contributed by atoms with E-state index in [9.17, 15) is 0 Å². The lowest BCUT2D eigenvalue weighted by molar-refractivity contribution is 0.481. The molecule has 0 bridgehead atoms. The van der Waals surface area contributed by atoms with Crippen LogP contribution in [0.5, 0.6) is 0 Å². The Balaban J connectivity index is 2.34. The molecule has 12 heavy (non-hydrogen) atoms. The summed E-state index contributed by atoms with van der Waals surface area (Å²) in [5, 5.41) is 3.27. The molecule has 1 aliphatic rings. The van der Waals surface area contributed by atoms with E-state index in [1.807, 2.05) is 6.07 Å². The summed E-state index contributed by atoms with van der Waals surface area (Å²) in [5.41, 5.74) is 1.88. The number of nitrogens with one attached hydrogen (secondary N) is 1. The first-order chi connectivity index (χ1) is 5.95. The van der Waals surface area contributed by atoms with Gasteiger partial charge < -0.3 is 9.73 Å². The molecule has 0 radical (unpaired) electrons. The van der Waals surface area contributed by atoms with E-state index in [1.54, 1.807) is 6.26 Å². The Labute approximate surface area is 69.2 Å². The van der Waals surface area contributed by atoms with Gasteiger partial charge in [-0.2, -0.15) is 0 Å². The maximum atomic E-state index is 5.33. The van der Waals surface area contributed by atoms with Crippen molar-refractivity contribution in [1.29, 1.82) is 0 Å². The summed E-state index contributed by atoms with van der Waals surface area (Å²) in [6.07, 6.45) is 1.69. The van der Waals surface area contributed by atoms with E-state index >= 15 is 0 Å². The monoisotopic (exact) mass is 163 g/mol. The third kappa shape index (κ3) is 0.674. The highest BCUT2D eigenvalue weighted by Gasteiger charge is 2.15. The smallest absolute Gasteiger partial charge is 0.226 e. The number of hydrogen-bond acceptors (Lipinski definition) is 3. The molecule has 0 unspecified atom stereocenters. The van der Waals surface area contributed by atoms with Crippen LogP contribution in [0, 0.1) is 0 Å². The molecule has 0 saturated carbocycles. The third-order valence-corrected chi connectivity index (χ3v) is 2.23. The zero-order valence-electron chi connectivity index (χ0n) is 6.58. The van der Waals surface area contributed by atoms with Crippen molar-refractivity contribution in [3.05, 3.63) is 18.2 Å². The van der Waals surface area contributed by atoms with E-state index in [4.69, 9.17) is 4.42 Å². The van der Waals surface area contributed by atoms with Crippen LogP contribution >= 0.6 is 0 Å². The second kappa shape index (κ2) is 2.10. The number of furan rings is 1. The molecule has 0 fully saturated rings. The van der Waals surface area contributed by atoms with E-state index in [0.29, 0.717) is 0 Å². The van der Waals surface area contributed by atoms with Crippen molar-refractivity contribution in [2.45, 2.75) is 13.1 Å². The topological polar surface area (TPSA) is 43.0 Å². The van der Waals surface area contributed by atoms with E-state index in [2.05, 4.69) is 14.9 Å². The van der Waals surface area contributed by atoms with Crippen LogP contribution in [0.2, 0.25) is 0 Å². The molecule has 3 rings (SSSR count). The molecule has 1 aliphatic heterocycles. The van der Waals surface area contributed by atoms with Crippen molar-refractivity contribution >= 4 is 11.2 Å². The molecule has 0 spiro atoms. The Morgan fingerprint density at radius 1 is 1.58 bits per heavy atom. The Morgan fingerprint density at radius 3 is 3.58 bits per heavy atom. The average molecular weight is 163 g/mol. The molecular formula is C8H9N3O. The fraction of sp³-hybridized carbons (Fsp3) is 0.375. The van der Waals surface area contributed by atoms with Crippen molar-refractivity contribution < 1.29 is 4.42 Å². The fourth-order valence-electron chi connectivity index (χ4n) is 1.65. The minimum Gasteiger partial charge on any atom is -0.446 e.